The molecule has 0 bridgehead atoms. The van der Waals surface area contributed by atoms with Crippen molar-refractivity contribution in [3.05, 3.63) is 69.4 Å². The van der Waals surface area contributed by atoms with Crippen LogP contribution in [-0.4, -0.2) is 15.9 Å². The van der Waals surface area contributed by atoms with E-state index in [2.05, 4.69) is 15.3 Å². The van der Waals surface area contributed by atoms with Crippen LogP contribution in [0.2, 0.25) is 10.2 Å². The molecule has 116 valence electrons. The molecule has 0 radical (unpaired) electrons. The van der Waals surface area contributed by atoms with E-state index in [1.807, 2.05) is 24.3 Å². The number of amides is 1. The summed E-state index contributed by atoms with van der Waals surface area (Å²) >= 11 is 13.3. The van der Waals surface area contributed by atoms with Gasteiger partial charge in [-0.15, -0.1) is 11.3 Å². The molecule has 0 aliphatic heterocycles. The molecule has 0 saturated heterocycles. The minimum atomic E-state index is -0.261. The Kier molecular flexibility index (Phi) is 4.91. The molecule has 0 saturated carbocycles. The minimum absolute atomic E-state index is 0.192. The van der Waals surface area contributed by atoms with Crippen molar-refractivity contribution in [2.24, 2.45) is 0 Å². The van der Waals surface area contributed by atoms with Crippen molar-refractivity contribution in [2.45, 2.75) is 6.54 Å². The molecular weight excluding hydrogens is 353 g/mol. The van der Waals surface area contributed by atoms with Gasteiger partial charge in [0, 0.05) is 29.5 Å². The van der Waals surface area contributed by atoms with Crippen LogP contribution in [-0.2, 0) is 6.54 Å². The lowest BCUT2D eigenvalue weighted by Gasteiger charge is -2.04. The van der Waals surface area contributed by atoms with E-state index in [4.69, 9.17) is 23.2 Å². The van der Waals surface area contributed by atoms with E-state index >= 15 is 0 Å². The van der Waals surface area contributed by atoms with Gasteiger partial charge >= 0.3 is 0 Å². The van der Waals surface area contributed by atoms with Crippen molar-refractivity contribution >= 4 is 40.4 Å². The highest BCUT2D eigenvalue weighted by atomic mass is 35.5. The topological polar surface area (TPSA) is 54.9 Å². The molecule has 0 atom stereocenters. The summed E-state index contributed by atoms with van der Waals surface area (Å²) in [5, 5.41) is 4.31. The summed E-state index contributed by atoms with van der Waals surface area (Å²) in [4.78, 5) is 20.9. The third-order valence-corrected chi connectivity index (χ3v) is 4.77. The number of hydrogen-bond acceptors (Lipinski definition) is 4. The smallest absolute Gasteiger partial charge is 0.264 e. The zero-order valence-corrected chi connectivity index (χ0v) is 14.1. The standard InChI is InChI=1S/C16H11Cl2N3OS/c17-12-5-1-3-10(7-12)8-20-15(22)13-14(18)21-16(23-13)11-4-2-6-19-9-11/h1-7,9H,8H2,(H,20,22). The predicted octanol–water partition coefficient (Wildman–Crippen LogP) is 4.44. The fourth-order valence-electron chi connectivity index (χ4n) is 1.96. The molecule has 0 unspecified atom stereocenters. The lowest BCUT2D eigenvalue weighted by Crippen LogP contribution is -2.22. The van der Waals surface area contributed by atoms with E-state index in [1.54, 1.807) is 24.5 Å². The van der Waals surface area contributed by atoms with Gasteiger partial charge in [-0.3, -0.25) is 9.78 Å². The van der Waals surface area contributed by atoms with Gasteiger partial charge in [0.25, 0.3) is 5.91 Å². The van der Waals surface area contributed by atoms with Gasteiger partial charge in [-0.2, -0.15) is 0 Å². The lowest BCUT2D eigenvalue weighted by molar-refractivity contribution is 0.0955. The number of carbonyl (C=O) groups excluding carboxylic acids is 1. The molecule has 2 aromatic heterocycles. The van der Waals surface area contributed by atoms with Gasteiger partial charge in [-0.05, 0) is 29.8 Å². The first-order valence-electron chi connectivity index (χ1n) is 6.73. The summed E-state index contributed by atoms with van der Waals surface area (Å²) in [5.41, 5.74) is 1.74. The quantitative estimate of drug-likeness (QED) is 0.745. The fraction of sp³-hybridized carbons (Fsp3) is 0.0625. The Labute approximate surface area is 147 Å². The highest BCUT2D eigenvalue weighted by molar-refractivity contribution is 7.17. The van der Waals surface area contributed by atoms with E-state index in [0.29, 0.717) is 21.5 Å². The molecule has 0 fully saturated rings. The summed E-state index contributed by atoms with van der Waals surface area (Å²) in [6.45, 7) is 0.371. The molecule has 4 nitrogen and oxygen atoms in total. The van der Waals surface area contributed by atoms with Crippen molar-refractivity contribution in [3.8, 4) is 10.6 Å². The lowest BCUT2D eigenvalue weighted by atomic mass is 10.2. The number of nitrogens with one attached hydrogen (secondary N) is 1. The Morgan fingerprint density at radius 1 is 1.22 bits per heavy atom. The Morgan fingerprint density at radius 2 is 2.09 bits per heavy atom. The monoisotopic (exact) mass is 363 g/mol. The molecule has 0 aliphatic rings. The maximum atomic E-state index is 12.3. The zero-order valence-electron chi connectivity index (χ0n) is 11.8. The Bertz CT molecular complexity index is 836. The number of rotatable bonds is 4. The van der Waals surface area contributed by atoms with Crippen molar-refractivity contribution < 1.29 is 4.79 Å². The second-order valence-electron chi connectivity index (χ2n) is 4.69. The third kappa shape index (κ3) is 3.88. The first-order chi connectivity index (χ1) is 11.1. The normalized spacial score (nSPS) is 10.5. The van der Waals surface area contributed by atoms with E-state index in [-0.39, 0.29) is 11.1 Å². The molecule has 3 rings (SSSR count). The number of carbonyl (C=O) groups is 1. The highest BCUT2D eigenvalue weighted by Crippen LogP contribution is 2.30. The van der Waals surface area contributed by atoms with Gasteiger partial charge in [-0.1, -0.05) is 35.3 Å². The summed E-state index contributed by atoms with van der Waals surface area (Å²) in [5.74, 6) is -0.261. The predicted molar refractivity (Wildman–Crippen MR) is 93.0 cm³/mol. The Morgan fingerprint density at radius 3 is 2.83 bits per heavy atom. The maximum Gasteiger partial charge on any atom is 0.264 e. The van der Waals surface area contributed by atoms with Gasteiger partial charge in [0.05, 0.1) is 0 Å². The molecule has 7 heteroatoms. The first-order valence-corrected chi connectivity index (χ1v) is 8.30. The Balaban J connectivity index is 1.74. The number of thiazole rings is 1. The van der Waals surface area contributed by atoms with Gasteiger partial charge in [0.1, 0.15) is 9.88 Å². The van der Waals surface area contributed by atoms with Gasteiger partial charge in [0.15, 0.2) is 5.15 Å². The van der Waals surface area contributed by atoms with Crippen molar-refractivity contribution in [1.82, 2.24) is 15.3 Å². The maximum absolute atomic E-state index is 12.3. The number of pyridine rings is 1. The van der Waals surface area contributed by atoms with Crippen LogP contribution in [0.3, 0.4) is 0 Å². The average molecular weight is 364 g/mol. The molecule has 0 spiro atoms. The average Bonchev–Trinajstić information content (AvgIpc) is 2.95. The van der Waals surface area contributed by atoms with Gasteiger partial charge in [0.2, 0.25) is 0 Å². The van der Waals surface area contributed by atoms with E-state index < -0.39 is 0 Å². The SMILES string of the molecule is O=C(NCc1cccc(Cl)c1)c1sc(-c2cccnc2)nc1Cl. The molecule has 3 aromatic rings. The van der Waals surface area contributed by atoms with Crippen LogP contribution in [0.4, 0.5) is 0 Å². The number of nitrogens with zero attached hydrogens (tertiary/aromatic N) is 2. The summed E-state index contributed by atoms with van der Waals surface area (Å²) in [7, 11) is 0. The number of benzene rings is 1. The van der Waals surface area contributed by atoms with E-state index in [9.17, 15) is 4.79 Å². The van der Waals surface area contributed by atoms with Crippen molar-refractivity contribution in [3.63, 3.8) is 0 Å². The van der Waals surface area contributed by atoms with Crippen LogP contribution >= 0.6 is 34.5 Å². The summed E-state index contributed by atoms with van der Waals surface area (Å²) < 4.78 is 0. The molecule has 1 amide bonds. The third-order valence-electron chi connectivity index (χ3n) is 3.04. The molecule has 1 N–H and O–H groups in total. The molecule has 0 aliphatic carbocycles. The van der Waals surface area contributed by atoms with Crippen molar-refractivity contribution in [1.29, 1.82) is 0 Å². The minimum Gasteiger partial charge on any atom is -0.347 e. The Hall–Kier alpha value is -1.95. The second-order valence-corrected chi connectivity index (χ2v) is 6.49. The first kappa shape index (κ1) is 15.9. The van der Waals surface area contributed by atoms with Crippen LogP contribution in [0.15, 0.2) is 48.8 Å². The largest absolute Gasteiger partial charge is 0.347 e. The zero-order chi connectivity index (χ0) is 16.2. The van der Waals surface area contributed by atoms with Gasteiger partial charge < -0.3 is 5.32 Å². The highest BCUT2D eigenvalue weighted by Gasteiger charge is 2.17. The molecular formula is C16H11Cl2N3OS. The van der Waals surface area contributed by atoms with Crippen molar-refractivity contribution in [2.75, 3.05) is 0 Å². The van der Waals surface area contributed by atoms with E-state index in [0.717, 1.165) is 11.1 Å². The number of hydrogen-bond donors (Lipinski definition) is 1. The van der Waals surface area contributed by atoms with Crippen LogP contribution < -0.4 is 5.32 Å². The summed E-state index contributed by atoms with van der Waals surface area (Å²) in [6.07, 6.45) is 3.36. The molecule has 1 aromatic carbocycles. The van der Waals surface area contributed by atoms with Crippen LogP contribution in [0.25, 0.3) is 10.6 Å². The molecule has 23 heavy (non-hydrogen) atoms. The second kappa shape index (κ2) is 7.08. The van der Waals surface area contributed by atoms with E-state index in [1.165, 1.54) is 11.3 Å². The van der Waals surface area contributed by atoms with Gasteiger partial charge in [-0.25, -0.2) is 4.98 Å². The van der Waals surface area contributed by atoms with Crippen LogP contribution in [0.1, 0.15) is 15.2 Å². The number of aromatic nitrogens is 2. The molecule has 2 heterocycles. The van der Waals surface area contributed by atoms with Crippen LogP contribution in [0, 0.1) is 0 Å². The van der Waals surface area contributed by atoms with Crippen LogP contribution in [0.5, 0.6) is 0 Å². The summed E-state index contributed by atoms with van der Waals surface area (Å²) in [6, 6.07) is 11.0. The number of halogens is 2. The fourth-order valence-corrected chi connectivity index (χ4v) is 3.38.